The van der Waals surface area contributed by atoms with Crippen LogP contribution in [0.5, 0.6) is 0 Å². The Morgan fingerprint density at radius 3 is 2.83 bits per heavy atom. The molecule has 1 aromatic heterocycles. The maximum Gasteiger partial charge on any atom is 0.153 e. The van der Waals surface area contributed by atoms with Crippen molar-refractivity contribution < 1.29 is 0 Å². The molecule has 1 aromatic rings. The zero-order valence-corrected chi connectivity index (χ0v) is 8.54. The lowest BCUT2D eigenvalue weighted by atomic mass is 10.2. The van der Waals surface area contributed by atoms with Gasteiger partial charge in [-0.1, -0.05) is 0 Å². The van der Waals surface area contributed by atoms with E-state index in [2.05, 4.69) is 9.27 Å². The Kier molecular flexibility index (Phi) is 2.14. The molecule has 0 aromatic carbocycles. The Balaban J connectivity index is 2.29. The molecule has 1 aliphatic heterocycles. The number of hydrogen-bond acceptors (Lipinski definition) is 5. The second-order valence-electron chi connectivity index (χ2n) is 2.75. The first kappa shape index (κ1) is 8.19. The summed E-state index contributed by atoms with van der Waals surface area (Å²) in [5.74, 6) is 0.689. The molecule has 2 N–H and O–H groups in total. The van der Waals surface area contributed by atoms with Crippen LogP contribution in [0.15, 0.2) is 4.90 Å². The van der Waals surface area contributed by atoms with E-state index in [0.717, 1.165) is 18.0 Å². The number of nitrogen functional groups attached to an aromatic ring is 1. The molecule has 1 aliphatic rings. The van der Waals surface area contributed by atoms with E-state index in [1.807, 2.05) is 6.26 Å². The van der Waals surface area contributed by atoms with E-state index in [0.29, 0.717) is 5.82 Å². The Labute approximate surface area is 80.1 Å². The molecule has 12 heavy (non-hydrogen) atoms. The van der Waals surface area contributed by atoms with Crippen LogP contribution in [0.4, 0.5) is 10.8 Å². The van der Waals surface area contributed by atoms with Crippen LogP contribution in [-0.2, 0) is 0 Å². The fourth-order valence-electron chi connectivity index (χ4n) is 1.20. The van der Waals surface area contributed by atoms with Gasteiger partial charge in [-0.3, -0.25) is 0 Å². The SMILES string of the molecule is CSc1c(N)nsc1N1CCC1. The lowest BCUT2D eigenvalue weighted by molar-refractivity contribution is 0.619. The van der Waals surface area contributed by atoms with Crippen molar-refractivity contribution in [3.63, 3.8) is 0 Å². The zero-order chi connectivity index (χ0) is 8.55. The van der Waals surface area contributed by atoms with Crippen molar-refractivity contribution in [1.82, 2.24) is 4.37 Å². The molecule has 0 bridgehead atoms. The topological polar surface area (TPSA) is 42.1 Å². The monoisotopic (exact) mass is 201 g/mol. The first-order chi connectivity index (χ1) is 5.83. The minimum Gasteiger partial charge on any atom is -0.382 e. The fourth-order valence-corrected chi connectivity index (χ4v) is 2.94. The summed E-state index contributed by atoms with van der Waals surface area (Å²) in [5.41, 5.74) is 5.72. The minimum absolute atomic E-state index is 0.689. The van der Waals surface area contributed by atoms with Crippen molar-refractivity contribution in [2.45, 2.75) is 11.3 Å². The largest absolute Gasteiger partial charge is 0.382 e. The molecular weight excluding hydrogens is 190 g/mol. The van der Waals surface area contributed by atoms with Crippen molar-refractivity contribution >= 4 is 34.1 Å². The highest BCUT2D eigenvalue weighted by molar-refractivity contribution is 7.99. The number of nitrogens with two attached hydrogens (primary N) is 1. The highest BCUT2D eigenvalue weighted by Gasteiger charge is 2.21. The van der Waals surface area contributed by atoms with Gasteiger partial charge < -0.3 is 10.6 Å². The van der Waals surface area contributed by atoms with Gasteiger partial charge in [-0.2, -0.15) is 4.37 Å². The van der Waals surface area contributed by atoms with Crippen molar-refractivity contribution in [2.24, 2.45) is 0 Å². The number of thioether (sulfide) groups is 1. The minimum atomic E-state index is 0.689. The average Bonchev–Trinajstić information content (AvgIpc) is 2.29. The summed E-state index contributed by atoms with van der Waals surface area (Å²) in [6, 6.07) is 0. The van der Waals surface area contributed by atoms with Gasteiger partial charge in [0.25, 0.3) is 0 Å². The van der Waals surface area contributed by atoms with Gasteiger partial charge in [0.05, 0.1) is 4.90 Å². The van der Waals surface area contributed by atoms with Crippen LogP contribution in [0.1, 0.15) is 6.42 Å². The summed E-state index contributed by atoms with van der Waals surface area (Å²) in [7, 11) is 0. The first-order valence-corrected chi connectivity index (χ1v) is 5.87. The molecular formula is C7H11N3S2. The number of rotatable bonds is 2. The Morgan fingerprint density at radius 1 is 1.58 bits per heavy atom. The molecule has 3 nitrogen and oxygen atoms in total. The lowest BCUT2D eigenvalue weighted by Gasteiger charge is -2.31. The summed E-state index contributed by atoms with van der Waals surface area (Å²) in [4.78, 5) is 3.49. The zero-order valence-electron chi connectivity index (χ0n) is 6.91. The molecule has 1 fully saturated rings. The van der Waals surface area contributed by atoms with Crippen molar-refractivity contribution in [3.05, 3.63) is 0 Å². The van der Waals surface area contributed by atoms with Gasteiger partial charge in [0.15, 0.2) is 5.82 Å². The number of nitrogens with zero attached hydrogens (tertiary/aromatic N) is 2. The summed E-state index contributed by atoms with van der Waals surface area (Å²) in [6.07, 6.45) is 3.34. The molecule has 0 amide bonds. The third-order valence-corrected chi connectivity index (χ3v) is 3.87. The van der Waals surface area contributed by atoms with Crippen LogP contribution in [-0.4, -0.2) is 23.7 Å². The molecule has 0 unspecified atom stereocenters. The van der Waals surface area contributed by atoms with Gasteiger partial charge in [-0.25, -0.2) is 0 Å². The van der Waals surface area contributed by atoms with Crippen LogP contribution in [0.3, 0.4) is 0 Å². The number of aromatic nitrogens is 1. The van der Waals surface area contributed by atoms with Crippen LogP contribution in [0, 0.1) is 0 Å². The van der Waals surface area contributed by atoms with Gasteiger partial charge in [0.1, 0.15) is 5.00 Å². The first-order valence-electron chi connectivity index (χ1n) is 3.87. The van der Waals surface area contributed by atoms with Crippen LogP contribution < -0.4 is 10.6 Å². The molecule has 0 radical (unpaired) electrons. The second-order valence-corrected chi connectivity index (χ2v) is 4.32. The summed E-state index contributed by atoms with van der Waals surface area (Å²) in [5, 5.41) is 1.26. The van der Waals surface area contributed by atoms with Crippen molar-refractivity contribution in [3.8, 4) is 0 Å². The quantitative estimate of drug-likeness (QED) is 0.739. The maximum atomic E-state index is 5.72. The normalized spacial score (nSPS) is 16.2. The smallest absolute Gasteiger partial charge is 0.153 e. The van der Waals surface area contributed by atoms with Gasteiger partial charge in [0, 0.05) is 13.1 Å². The molecule has 0 spiro atoms. The molecule has 0 saturated carbocycles. The highest BCUT2D eigenvalue weighted by atomic mass is 32.2. The number of hydrogen-bond donors (Lipinski definition) is 1. The maximum absolute atomic E-state index is 5.72. The van der Waals surface area contributed by atoms with Crippen molar-refractivity contribution in [1.29, 1.82) is 0 Å². The van der Waals surface area contributed by atoms with Crippen LogP contribution in [0.25, 0.3) is 0 Å². The fraction of sp³-hybridized carbons (Fsp3) is 0.571. The third-order valence-electron chi connectivity index (χ3n) is 2.00. The lowest BCUT2D eigenvalue weighted by Crippen LogP contribution is -2.36. The molecule has 66 valence electrons. The van der Waals surface area contributed by atoms with E-state index in [4.69, 9.17) is 5.73 Å². The van der Waals surface area contributed by atoms with E-state index in [1.54, 1.807) is 11.8 Å². The summed E-state index contributed by atoms with van der Waals surface area (Å²) < 4.78 is 4.15. The predicted octanol–water partition coefficient (Wildman–Crippen LogP) is 1.66. The Morgan fingerprint density at radius 2 is 2.33 bits per heavy atom. The standard InChI is InChI=1S/C7H11N3S2/c1-11-5-6(8)9-12-7(5)10-3-2-4-10/h2-4H2,1H3,(H2,8,9). The summed E-state index contributed by atoms with van der Waals surface area (Å²) >= 11 is 3.20. The van der Waals surface area contributed by atoms with E-state index in [9.17, 15) is 0 Å². The Hall–Kier alpha value is -0.420. The average molecular weight is 201 g/mol. The third kappa shape index (κ3) is 1.17. The van der Waals surface area contributed by atoms with Crippen LogP contribution >= 0.6 is 23.3 Å². The molecule has 1 saturated heterocycles. The van der Waals surface area contributed by atoms with Gasteiger partial charge in [-0.15, -0.1) is 11.8 Å². The molecule has 2 rings (SSSR count). The van der Waals surface area contributed by atoms with Gasteiger partial charge in [-0.05, 0) is 24.2 Å². The second kappa shape index (κ2) is 3.14. The molecule has 2 heterocycles. The van der Waals surface area contributed by atoms with E-state index >= 15 is 0 Å². The molecule has 0 atom stereocenters. The Bertz CT molecular complexity index is 280. The van der Waals surface area contributed by atoms with E-state index < -0.39 is 0 Å². The highest BCUT2D eigenvalue weighted by Crippen LogP contribution is 2.39. The van der Waals surface area contributed by atoms with Crippen molar-refractivity contribution in [2.75, 3.05) is 30.0 Å². The number of anilines is 2. The van der Waals surface area contributed by atoms with Gasteiger partial charge in [0.2, 0.25) is 0 Å². The van der Waals surface area contributed by atoms with E-state index in [-0.39, 0.29) is 0 Å². The summed E-state index contributed by atoms with van der Waals surface area (Å²) in [6.45, 7) is 2.32. The van der Waals surface area contributed by atoms with Crippen LogP contribution in [0.2, 0.25) is 0 Å². The van der Waals surface area contributed by atoms with Gasteiger partial charge >= 0.3 is 0 Å². The molecule has 0 aliphatic carbocycles. The molecule has 5 heteroatoms. The van der Waals surface area contributed by atoms with E-state index in [1.165, 1.54) is 23.0 Å². The predicted molar refractivity (Wildman–Crippen MR) is 55.1 cm³/mol.